The van der Waals surface area contributed by atoms with Gasteiger partial charge < -0.3 is 9.42 Å². The Hall–Kier alpha value is -3.03. The van der Waals surface area contributed by atoms with Gasteiger partial charge in [-0.15, -0.1) is 0 Å². The van der Waals surface area contributed by atoms with Gasteiger partial charge in [-0.1, -0.05) is 12.1 Å². The molecule has 0 bridgehead atoms. The van der Waals surface area contributed by atoms with Crippen LogP contribution in [0.15, 0.2) is 28.8 Å². The number of benzene rings is 1. The van der Waals surface area contributed by atoms with Gasteiger partial charge in [-0.3, -0.25) is 4.79 Å². The van der Waals surface area contributed by atoms with E-state index >= 15 is 0 Å². The zero-order chi connectivity index (χ0) is 18.8. The van der Waals surface area contributed by atoms with Gasteiger partial charge in [0.2, 0.25) is 5.89 Å². The van der Waals surface area contributed by atoms with Crippen LogP contribution in [0.1, 0.15) is 40.4 Å². The highest BCUT2D eigenvalue weighted by molar-refractivity contribution is 5.96. The molecule has 26 heavy (non-hydrogen) atoms. The van der Waals surface area contributed by atoms with Crippen molar-refractivity contribution in [3.8, 4) is 5.69 Å². The topological polar surface area (TPSA) is 77.1 Å². The van der Waals surface area contributed by atoms with E-state index in [4.69, 9.17) is 4.52 Å². The summed E-state index contributed by atoms with van der Waals surface area (Å²) in [7, 11) is 1.68. The number of nitrogens with zero attached hydrogens (tertiary/aromatic N) is 5. The molecule has 3 rings (SSSR count). The molecule has 0 aliphatic rings. The van der Waals surface area contributed by atoms with Gasteiger partial charge in [0.05, 0.1) is 29.2 Å². The van der Waals surface area contributed by atoms with Crippen LogP contribution in [-0.4, -0.2) is 37.8 Å². The van der Waals surface area contributed by atoms with E-state index in [1.807, 2.05) is 13.8 Å². The zero-order valence-electron chi connectivity index (χ0n) is 15.2. The van der Waals surface area contributed by atoms with E-state index in [-0.39, 0.29) is 18.3 Å². The second-order valence-corrected chi connectivity index (χ2v) is 6.05. The highest BCUT2D eigenvalue weighted by Gasteiger charge is 2.23. The molecule has 0 N–H and O–H groups in total. The molecule has 0 unspecified atom stereocenters. The number of amides is 1. The summed E-state index contributed by atoms with van der Waals surface area (Å²) in [6.45, 7) is 5.75. The molecule has 0 saturated heterocycles. The first kappa shape index (κ1) is 17.8. The fraction of sp³-hybridized carbons (Fsp3) is 0.333. The first-order chi connectivity index (χ1) is 12.4. The van der Waals surface area contributed by atoms with Crippen LogP contribution in [0.5, 0.6) is 0 Å². The van der Waals surface area contributed by atoms with Crippen molar-refractivity contribution in [1.82, 2.24) is 24.8 Å². The normalized spacial score (nSPS) is 11.0. The number of aryl methyl sites for hydroxylation is 2. The number of aromatic nitrogens is 4. The first-order valence-corrected chi connectivity index (χ1v) is 8.29. The summed E-state index contributed by atoms with van der Waals surface area (Å²) in [5.74, 6) is 0.491. The summed E-state index contributed by atoms with van der Waals surface area (Å²) < 4.78 is 19.9. The Balaban J connectivity index is 1.86. The molecule has 0 saturated carbocycles. The molecule has 0 spiro atoms. The van der Waals surface area contributed by atoms with E-state index in [2.05, 4.69) is 15.2 Å². The Morgan fingerprint density at radius 1 is 1.27 bits per heavy atom. The Morgan fingerprint density at radius 2 is 1.96 bits per heavy atom. The molecular weight excluding hydrogens is 337 g/mol. The second-order valence-electron chi connectivity index (χ2n) is 6.05. The van der Waals surface area contributed by atoms with Gasteiger partial charge in [0.25, 0.3) is 5.91 Å². The monoisotopic (exact) mass is 357 g/mol. The molecule has 0 aliphatic carbocycles. The van der Waals surface area contributed by atoms with Crippen LogP contribution < -0.4 is 0 Å². The molecule has 1 aromatic carbocycles. The highest BCUT2D eigenvalue weighted by atomic mass is 19.1. The van der Waals surface area contributed by atoms with Crippen LogP contribution in [0.2, 0.25) is 0 Å². The minimum atomic E-state index is -0.321. The molecular formula is C18H20FN5O2. The molecule has 8 heteroatoms. The molecule has 2 heterocycles. The molecule has 136 valence electrons. The van der Waals surface area contributed by atoms with Gasteiger partial charge in [0, 0.05) is 13.5 Å². The minimum absolute atomic E-state index is 0.184. The zero-order valence-corrected chi connectivity index (χ0v) is 15.2. The molecule has 2 aromatic heterocycles. The van der Waals surface area contributed by atoms with Gasteiger partial charge >= 0.3 is 0 Å². The highest BCUT2D eigenvalue weighted by Crippen LogP contribution is 2.20. The maximum atomic E-state index is 13.1. The summed E-state index contributed by atoms with van der Waals surface area (Å²) in [5.41, 5.74) is 2.50. The van der Waals surface area contributed by atoms with Crippen molar-refractivity contribution >= 4 is 5.91 Å². The van der Waals surface area contributed by atoms with Crippen LogP contribution in [0.25, 0.3) is 5.69 Å². The predicted octanol–water partition coefficient (Wildman–Crippen LogP) is 2.85. The fourth-order valence-corrected chi connectivity index (χ4v) is 2.76. The largest absolute Gasteiger partial charge is 0.339 e. The number of carbonyl (C=O) groups is 1. The first-order valence-electron chi connectivity index (χ1n) is 8.29. The lowest BCUT2D eigenvalue weighted by Gasteiger charge is -2.15. The Morgan fingerprint density at radius 3 is 2.58 bits per heavy atom. The number of rotatable bonds is 5. The van der Waals surface area contributed by atoms with E-state index in [1.165, 1.54) is 17.0 Å². The van der Waals surface area contributed by atoms with E-state index < -0.39 is 0 Å². The predicted molar refractivity (Wildman–Crippen MR) is 92.5 cm³/mol. The smallest absolute Gasteiger partial charge is 0.257 e. The van der Waals surface area contributed by atoms with Gasteiger partial charge in [0.15, 0.2) is 5.82 Å². The van der Waals surface area contributed by atoms with E-state index in [0.717, 1.165) is 0 Å². The summed E-state index contributed by atoms with van der Waals surface area (Å²) in [5, 5.41) is 8.31. The maximum absolute atomic E-state index is 13.1. The molecule has 0 atom stereocenters. The van der Waals surface area contributed by atoms with Crippen LogP contribution in [0.3, 0.4) is 0 Å². The maximum Gasteiger partial charge on any atom is 0.257 e. The van der Waals surface area contributed by atoms with Crippen molar-refractivity contribution in [3.05, 3.63) is 58.7 Å². The molecule has 1 amide bonds. The van der Waals surface area contributed by atoms with Gasteiger partial charge in [0.1, 0.15) is 5.82 Å². The molecule has 0 radical (unpaired) electrons. The number of hydrogen-bond donors (Lipinski definition) is 0. The molecule has 3 aromatic rings. The number of carbonyl (C=O) groups excluding carboxylic acids is 1. The Kier molecular flexibility index (Phi) is 4.83. The van der Waals surface area contributed by atoms with Crippen molar-refractivity contribution in [3.63, 3.8) is 0 Å². The Bertz CT molecular complexity index is 930. The summed E-state index contributed by atoms with van der Waals surface area (Å²) in [6, 6.07) is 5.97. The Labute approximate surface area is 150 Å². The van der Waals surface area contributed by atoms with Crippen molar-refractivity contribution in [2.75, 3.05) is 7.05 Å². The lowest BCUT2D eigenvalue weighted by atomic mass is 10.1. The van der Waals surface area contributed by atoms with Crippen molar-refractivity contribution in [2.45, 2.75) is 33.7 Å². The van der Waals surface area contributed by atoms with E-state index in [9.17, 15) is 9.18 Å². The SMILES string of the molecule is CCc1nc(CN(C)C(=O)c2c(C)nn(-c3ccc(F)cc3)c2C)no1. The van der Waals surface area contributed by atoms with Gasteiger partial charge in [-0.25, -0.2) is 9.07 Å². The van der Waals surface area contributed by atoms with Crippen LogP contribution >= 0.6 is 0 Å². The number of halogens is 1. The summed E-state index contributed by atoms with van der Waals surface area (Å²) in [4.78, 5) is 18.6. The third-order valence-corrected chi connectivity index (χ3v) is 4.11. The summed E-state index contributed by atoms with van der Waals surface area (Å²) in [6.07, 6.45) is 0.646. The quantitative estimate of drug-likeness (QED) is 0.702. The standard InChI is InChI=1S/C18H20FN5O2/c1-5-16-20-15(22-26-16)10-23(4)18(25)17-11(2)21-24(12(17)3)14-8-6-13(19)7-9-14/h6-9H,5,10H2,1-4H3. The third-order valence-electron chi connectivity index (χ3n) is 4.11. The van der Waals surface area contributed by atoms with Crippen molar-refractivity contribution in [2.24, 2.45) is 0 Å². The number of hydrogen-bond acceptors (Lipinski definition) is 5. The average molecular weight is 357 g/mol. The fourth-order valence-electron chi connectivity index (χ4n) is 2.76. The van der Waals surface area contributed by atoms with Gasteiger partial charge in [-0.2, -0.15) is 10.1 Å². The van der Waals surface area contributed by atoms with Crippen LogP contribution in [-0.2, 0) is 13.0 Å². The van der Waals surface area contributed by atoms with E-state index in [1.54, 1.807) is 30.8 Å². The second kappa shape index (κ2) is 7.07. The molecule has 0 aliphatic heterocycles. The van der Waals surface area contributed by atoms with E-state index in [0.29, 0.717) is 40.8 Å². The molecule has 0 fully saturated rings. The third kappa shape index (κ3) is 3.35. The van der Waals surface area contributed by atoms with Crippen LogP contribution in [0.4, 0.5) is 4.39 Å². The lowest BCUT2D eigenvalue weighted by molar-refractivity contribution is 0.0779. The minimum Gasteiger partial charge on any atom is -0.339 e. The average Bonchev–Trinajstić information content (AvgIpc) is 3.19. The van der Waals surface area contributed by atoms with Crippen molar-refractivity contribution < 1.29 is 13.7 Å². The van der Waals surface area contributed by atoms with Crippen molar-refractivity contribution in [1.29, 1.82) is 0 Å². The summed E-state index contributed by atoms with van der Waals surface area (Å²) >= 11 is 0. The van der Waals surface area contributed by atoms with Crippen LogP contribution in [0, 0.1) is 19.7 Å². The lowest BCUT2D eigenvalue weighted by Crippen LogP contribution is -2.27. The molecule has 7 nitrogen and oxygen atoms in total. The van der Waals surface area contributed by atoms with Gasteiger partial charge in [-0.05, 0) is 38.1 Å².